The highest BCUT2D eigenvalue weighted by Gasteiger charge is 2.40. The van der Waals surface area contributed by atoms with Crippen molar-refractivity contribution in [1.29, 1.82) is 0 Å². The van der Waals surface area contributed by atoms with Crippen molar-refractivity contribution in [3.05, 3.63) is 0 Å². The number of hydrogen-bond donors (Lipinski definition) is 2. The molecule has 0 spiro atoms. The summed E-state index contributed by atoms with van der Waals surface area (Å²) in [5, 5.41) is 11.9. The van der Waals surface area contributed by atoms with Gasteiger partial charge in [0.05, 0.1) is 5.37 Å². The lowest BCUT2D eigenvalue weighted by Crippen LogP contribution is -2.50. The number of urea groups is 1. The Hall–Kier alpha value is -0.950. The number of amides is 2. The first kappa shape index (κ1) is 16.1. The molecule has 0 aromatic rings. The highest BCUT2D eigenvalue weighted by molar-refractivity contribution is 8.00. The second-order valence-electron chi connectivity index (χ2n) is 4.39. The van der Waals surface area contributed by atoms with E-state index < -0.39 is 12.0 Å². The van der Waals surface area contributed by atoms with Crippen molar-refractivity contribution in [2.45, 2.75) is 37.6 Å². The largest absolute Gasteiger partial charge is 0.480 e. The number of unbranched alkanes of at least 4 members (excludes halogenated alkanes) is 1. The average molecular weight is 290 g/mol. The molecular formula is C12H22N2O4S. The van der Waals surface area contributed by atoms with E-state index in [4.69, 9.17) is 9.84 Å². The van der Waals surface area contributed by atoms with E-state index in [1.165, 1.54) is 16.7 Å². The number of carboxylic acid groups (broad SMARTS) is 1. The zero-order valence-electron chi connectivity index (χ0n) is 11.4. The average Bonchev–Trinajstić information content (AvgIpc) is 2.82. The fourth-order valence-electron chi connectivity index (χ4n) is 2.00. The predicted molar refractivity (Wildman–Crippen MR) is 74.3 cm³/mol. The molecule has 2 unspecified atom stereocenters. The topological polar surface area (TPSA) is 78.9 Å². The van der Waals surface area contributed by atoms with E-state index in [0.717, 1.165) is 19.3 Å². The fraction of sp³-hybridized carbons (Fsp3) is 0.833. The molecule has 0 aliphatic carbocycles. The SMILES string of the molecule is CCC1SCC(C(=O)O)N1C(=O)NCCCCOC. The number of ether oxygens (including phenoxy) is 1. The summed E-state index contributed by atoms with van der Waals surface area (Å²) in [5.74, 6) is -0.469. The molecule has 110 valence electrons. The molecule has 1 rings (SSSR count). The van der Waals surface area contributed by atoms with Crippen LogP contribution in [-0.2, 0) is 9.53 Å². The molecule has 1 heterocycles. The highest BCUT2D eigenvalue weighted by Crippen LogP contribution is 2.31. The van der Waals surface area contributed by atoms with Crippen LogP contribution in [0.25, 0.3) is 0 Å². The molecule has 1 aliphatic heterocycles. The van der Waals surface area contributed by atoms with Crippen LogP contribution in [0.3, 0.4) is 0 Å². The van der Waals surface area contributed by atoms with Crippen LogP contribution in [0, 0.1) is 0 Å². The van der Waals surface area contributed by atoms with Gasteiger partial charge in [-0.3, -0.25) is 4.90 Å². The molecule has 1 aliphatic rings. The van der Waals surface area contributed by atoms with Gasteiger partial charge in [0.1, 0.15) is 6.04 Å². The van der Waals surface area contributed by atoms with Gasteiger partial charge in [0.25, 0.3) is 0 Å². The Kier molecular flexibility index (Phi) is 7.01. The van der Waals surface area contributed by atoms with Crippen LogP contribution >= 0.6 is 11.8 Å². The van der Waals surface area contributed by atoms with Crippen molar-refractivity contribution in [2.24, 2.45) is 0 Å². The first-order valence-electron chi connectivity index (χ1n) is 6.51. The van der Waals surface area contributed by atoms with Gasteiger partial charge in [0.2, 0.25) is 0 Å². The first-order chi connectivity index (χ1) is 9.11. The monoisotopic (exact) mass is 290 g/mol. The van der Waals surface area contributed by atoms with Crippen molar-refractivity contribution >= 4 is 23.8 Å². The zero-order valence-corrected chi connectivity index (χ0v) is 12.2. The minimum atomic E-state index is -0.932. The van der Waals surface area contributed by atoms with Crippen LogP contribution in [0.4, 0.5) is 4.79 Å². The van der Waals surface area contributed by atoms with E-state index >= 15 is 0 Å². The van der Waals surface area contributed by atoms with Gasteiger partial charge in [-0.15, -0.1) is 11.8 Å². The van der Waals surface area contributed by atoms with Gasteiger partial charge in [-0.25, -0.2) is 9.59 Å². The molecule has 0 bridgehead atoms. The first-order valence-corrected chi connectivity index (χ1v) is 7.56. The molecule has 19 heavy (non-hydrogen) atoms. The lowest BCUT2D eigenvalue weighted by atomic mass is 10.2. The summed E-state index contributed by atoms with van der Waals surface area (Å²) in [6.45, 7) is 3.18. The molecule has 1 saturated heterocycles. The number of thioether (sulfide) groups is 1. The number of carbonyl (C=O) groups is 2. The van der Waals surface area contributed by atoms with E-state index in [2.05, 4.69) is 5.32 Å². The van der Waals surface area contributed by atoms with E-state index in [1.807, 2.05) is 6.92 Å². The van der Waals surface area contributed by atoms with Crippen molar-refractivity contribution in [3.63, 3.8) is 0 Å². The molecule has 0 aromatic carbocycles. The smallest absolute Gasteiger partial charge is 0.327 e. The maximum absolute atomic E-state index is 12.1. The van der Waals surface area contributed by atoms with Gasteiger partial charge in [0.15, 0.2) is 0 Å². The Labute approximate surface area is 117 Å². The third-order valence-electron chi connectivity index (χ3n) is 3.01. The maximum atomic E-state index is 12.1. The molecule has 2 N–H and O–H groups in total. The molecule has 0 radical (unpaired) electrons. The Bertz CT molecular complexity index is 314. The molecule has 0 aromatic heterocycles. The standard InChI is InChI=1S/C12H22N2O4S/c1-3-10-14(9(8-19-10)11(15)16)12(17)13-6-4-5-7-18-2/h9-10H,3-8H2,1-2H3,(H,13,17)(H,15,16). The van der Waals surface area contributed by atoms with E-state index in [1.54, 1.807) is 7.11 Å². The zero-order chi connectivity index (χ0) is 14.3. The molecule has 2 atom stereocenters. The fourth-order valence-corrected chi connectivity index (χ4v) is 3.35. The van der Waals surface area contributed by atoms with Crippen molar-refractivity contribution in [2.75, 3.05) is 26.0 Å². The van der Waals surface area contributed by atoms with Crippen LogP contribution < -0.4 is 5.32 Å². The van der Waals surface area contributed by atoms with Gasteiger partial charge < -0.3 is 15.2 Å². The van der Waals surface area contributed by atoms with E-state index in [-0.39, 0.29) is 11.4 Å². The number of hydrogen-bond acceptors (Lipinski definition) is 4. The molecule has 6 nitrogen and oxygen atoms in total. The summed E-state index contributed by atoms with van der Waals surface area (Å²) in [6.07, 6.45) is 2.46. The summed E-state index contributed by atoms with van der Waals surface area (Å²) < 4.78 is 4.93. The van der Waals surface area contributed by atoms with Gasteiger partial charge in [-0.1, -0.05) is 6.92 Å². The summed E-state index contributed by atoms with van der Waals surface area (Å²) in [7, 11) is 1.64. The van der Waals surface area contributed by atoms with E-state index in [9.17, 15) is 9.59 Å². The quantitative estimate of drug-likeness (QED) is 0.692. The number of nitrogens with zero attached hydrogens (tertiary/aromatic N) is 1. The van der Waals surface area contributed by atoms with Gasteiger partial charge in [-0.2, -0.15) is 0 Å². The summed E-state index contributed by atoms with van der Waals surface area (Å²) in [6, 6.07) is -0.990. The Morgan fingerprint density at radius 3 is 2.79 bits per heavy atom. The van der Waals surface area contributed by atoms with Crippen molar-refractivity contribution in [1.82, 2.24) is 10.2 Å². The highest BCUT2D eigenvalue weighted by atomic mass is 32.2. The third-order valence-corrected chi connectivity index (χ3v) is 4.47. The summed E-state index contributed by atoms with van der Waals surface area (Å²) >= 11 is 1.53. The van der Waals surface area contributed by atoms with E-state index in [0.29, 0.717) is 18.9 Å². The normalized spacial score (nSPS) is 22.5. The molecule has 0 saturated carbocycles. The van der Waals surface area contributed by atoms with Crippen LogP contribution in [0.5, 0.6) is 0 Å². The summed E-state index contributed by atoms with van der Waals surface area (Å²) in [5.41, 5.74) is 0. The molecule has 2 amide bonds. The number of aliphatic carboxylic acids is 1. The Morgan fingerprint density at radius 1 is 1.47 bits per heavy atom. The summed E-state index contributed by atoms with van der Waals surface area (Å²) in [4.78, 5) is 24.7. The molecule has 7 heteroatoms. The van der Waals surface area contributed by atoms with Crippen LogP contribution in [-0.4, -0.2) is 59.4 Å². The van der Waals surface area contributed by atoms with Crippen molar-refractivity contribution in [3.8, 4) is 0 Å². The molecular weight excluding hydrogens is 268 g/mol. The minimum Gasteiger partial charge on any atom is -0.480 e. The number of methoxy groups -OCH3 is 1. The second-order valence-corrected chi connectivity index (χ2v) is 5.60. The van der Waals surface area contributed by atoms with Gasteiger partial charge in [0, 0.05) is 26.0 Å². The van der Waals surface area contributed by atoms with Gasteiger partial charge in [-0.05, 0) is 19.3 Å². The Balaban J connectivity index is 2.44. The lowest BCUT2D eigenvalue weighted by Gasteiger charge is -2.26. The number of carboxylic acids is 1. The number of nitrogens with one attached hydrogen (secondary N) is 1. The second kappa shape index (κ2) is 8.27. The molecule has 1 fully saturated rings. The predicted octanol–water partition coefficient (Wildman–Crippen LogP) is 1.36. The lowest BCUT2D eigenvalue weighted by molar-refractivity contribution is -0.141. The van der Waals surface area contributed by atoms with Crippen molar-refractivity contribution < 1.29 is 19.4 Å². The number of rotatable bonds is 7. The van der Waals surface area contributed by atoms with Gasteiger partial charge >= 0.3 is 12.0 Å². The Morgan fingerprint density at radius 2 is 2.21 bits per heavy atom. The third kappa shape index (κ3) is 4.58. The minimum absolute atomic E-state index is 0.0416. The number of carbonyl (C=O) groups excluding carboxylic acids is 1. The maximum Gasteiger partial charge on any atom is 0.327 e. The van der Waals surface area contributed by atoms with Crippen LogP contribution in [0.1, 0.15) is 26.2 Å². The van der Waals surface area contributed by atoms with Crippen LogP contribution in [0.15, 0.2) is 0 Å². The van der Waals surface area contributed by atoms with Crippen LogP contribution in [0.2, 0.25) is 0 Å².